The largest absolute Gasteiger partial charge is 0.341 e. The molecule has 2 saturated heterocycles. The van der Waals surface area contributed by atoms with Gasteiger partial charge in [-0.05, 0) is 68.5 Å². The van der Waals surface area contributed by atoms with Gasteiger partial charge in [-0.25, -0.2) is 0 Å². The summed E-state index contributed by atoms with van der Waals surface area (Å²) in [6.45, 7) is 2.51. The van der Waals surface area contributed by atoms with Crippen LogP contribution >= 0.6 is 0 Å². The number of nitrogens with one attached hydrogen (secondary N) is 1. The zero-order valence-electron chi connectivity index (χ0n) is 15.6. The number of Topliss-reactive ketones (excluding diaryl/α,β-unsaturated/α-hetero) is 1. The topological polar surface area (TPSA) is 49.4 Å². The number of carbonyl (C=O) groups excluding carboxylic acids is 2. The Labute approximate surface area is 156 Å². The van der Waals surface area contributed by atoms with E-state index < -0.39 is 0 Å². The van der Waals surface area contributed by atoms with E-state index >= 15 is 0 Å². The summed E-state index contributed by atoms with van der Waals surface area (Å²) in [5, 5.41) is 3.30. The molecule has 1 amide bonds. The summed E-state index contributed by atoms with van der Waals surface area (Å²) in [7, 11) is 0. The molecule has 1 aliphatic carbocycles. The first-order valence-corrected chi connectivity index (χ1v) is 10.3. The van der Waals surface area contributed by atoms with Crippen molar-refractivity contribution in [1.29, 1.82) is 0 Å². The van der Waals surface area contributed by atoms with E-state index in [4.69, 9.17) is 0 Å². The van der Waals surface area contributed by atoms with Gasteiger partial charge < -0.3 is 10.2 Å². The zero-order valence-corrected chi connectivity index (χ0v) is 15.6. The van der Waals surface area contributed by atoms with Gasteiger partial charge in [0.25, 0.3) is 0 Å². The van der Waals surface area contributed by atoms with Crippen molar-refractivity contribution in [3.8, 4) is 0 Å². The van der Waals surface area contributed by atoms with Gasteiger partial charge in [0.1, 0.15) is 5.78 Å². The molecule has 0 radical (unpaired) electrons. The molecule has 0 aromatic heterocycles. The number of likely N-dealkylation sites (tertiary alicyclic amines) is 1. The lowest BCUT2D eigenvalue weighted by molar-refractivity contribution is -0.136. The quantitative estimate of drug-likeness (QED) is 0.855. The molecule has 1 aromatic rings. The Morgan fingerprint density at radius 2 is 1.77 bits per heavy atom. The molecule has 0 saturated carbocycles. The molecule has 3 aliphatic rings. The second-order valence-corrected chi connectivity index (χ2v) is 8.26. The highest BCUT2D eigenvalue weighted by Crippen LogP contribution is 2.30. The highest BCUT2D eigenvalue weighted by Gasteiger charge is 2.39. The van der Waals surface area contributed by atoms with Gasteiger partial charge in [-0.2, -0.15) is 0 Å². The molecule has 2 atom stereocenters. The van der Waals surface area contributed by atoms with E-state index in [0.29, 0.717) is 18.1 Å². The average molecular weight is 354 g/mol. The molecule has 1 unspecified atom stereocenters. The van der Waals surface area contributed by atoms with E-state index in [-0.39, 0.29) is 17.9 Å². The number of hydrogen-bond donors (Lipinski definition) is 1. The number of fused-ring (bicyclic) bond motifs is 1. The Hall–Kier alpha value is -1.68. The minimum absolute atomic E-state index is 0.108. The Morgan fingerprint density at radius 3 is 2.46 bits per heavy atom. The van der Waals surface area contributed by atoms with Crippen molar-refractivity contribution >= 4 is 11.7 Å². The number of hydrogen-bond acceptors (Lipinski definition) is 3. The van der Waals surface area contributed by atoms with Gasteiger partial charge in [-0.15, -0.1) is 0 Å². The van der Waals surface area contributed by atoms with Gasteiger partial charge in [-0.1, -0.05) is 24.3 Å². The SMILES string of the molecule is O=C(CCCC1Cc2ccccc2C1)C1CCN[C@H]1C(=O)N1CCCC1. The van der Waals surface area contributed by atoms with Crippen LogP contribution in [0.25, 0.3) is 0 Å². The first kappa shape index (κ1) is 17.7. The van der Waals surface area contributed by atoms with Crippen LogP contribution in [-0.4, -0.2) is 42.3 Å². The predicted octanol–water partition coefficient (Wildman–Crippen LogP) is 2.74. The monoisotopic (exact) mass is 354 g/mol. The van der Waals surface area contributed by atoms with Crippen LogP contribution in [0.4, 0.5) is 0 Å². The molecule has 140 valence electrons. The maximum absolute atomic E-state index is 12.8. The van der Waals surface area contributed by atoms with Gasteiger partial charge in [0, 0.05) is 25.4 Å². The van der Waals surface area contributed by atoms with Crippen molar-refractivity contribution in [3.05, 3.63) is 35.4 Å². The highest BCUT2D eigenvalue weighted by atomic mass is 16.2. The molecule has 4 heteroatoms. The van der Waals surface area contributed by atoms with Crippen molar-refractivity contribution in [2.45, 2.75) is 57.4 Å². The second kappa shape index (κ2) is 7.91. The predicted molar refractivity (Wildman–Crippen MR) is 102 cm³/mol. The molecule has 1 N–H and O–H groups in total. The molecule has 0 spiro atoms. The average Bonchev–Trinajstić information content (AvgIpc) is 3.40. The number of amides is 1. The van der Waals surface area contributed by atoms with Crippen molar-refractivity contribution in [2.24, 2.45) is 11.8 Å². The van der Waals surface area contributed by atoms with Crippen LogP contribution < -0.4 is 5.32 Å². The maximum atomic E-state index is 12.8. The molecule has 4 nitrogen and oxygen atoms in total. The molecular weight excluding hydrogens is 324 g/mol. The summed E-state index contributed by atoms with van der Waals surface area (Å²) in [5.41, 5.74) is 2.97. The van der Waals surface area contributed by atoms with E-state index in [0.717, 1.165) is 64.6 Å². The van der Waals surface area contributed by atoms with Crippen LogP contribution in [0, 0.1) is 11.8 Å². The molecule has 0 bridgehead atoms. The molecule has 2 heterocycles. The van der Waals surface area contributed by atoms with Crippen LogP contribution in [0.15, 0.2) is 24.3 Å². The third-order valence-corrected chi connectivity index (χ3v) is 6.49. The maximum Gasteiger partial charge on any atom is 0.240 e. The minimum Gasteiger partial charge on any atom is -0.341 e. The number of nitrogens with zero attached hydrogens (tertiary/aromatic N) is 1. The van der Waals surface area contributed by atoms with E-state index in [9.17, 15) is 9.59 Å². The second-order valence-electron chi connectivity index (χ2n) is 8.26. The first-order valence-electron chi connectivity index (χ1n) is 10.3. The first-order chi connectivity index (χ1) is 12.7. The fourth-order valence-electron chi connectivity index (χ4n) is 5.05. The third kappa shape index (κ3) is 3.71. The summed E-state index contributed by atoms with van der Waals surface area (Å²) in [4.78, 5) is 27.4. The fraction of sp³-hybridized carbons (Fsp3) is 0.636. The Morgan fingerprint density at radius 1 is 1.08 bits per heavy atom. The third-order valence-electron chi connectivity index (χ3n) is 6.49. The molecule has 26 heavy (non-hydrogen) atoms. The van der Waals surface area contributed by atoms with Crippen molar-refractivity contribution in [1.82, 2.24) is 10.2 Å². The van der Waals surface area contributed by atoms with Gasteiger partial charge in [-0.3, -0.25) is 9.59 Å². The van der Waals surface area contributed by atoms with E-state index in [1.165, 1.54) is 11.1 Å². The molecule has 1 aromatic carbocycles. The minimum atomic E-state index is -0.267. The summed E-state index contributed by atoms with van der Waals surface area (Å²) in [6, 6.07) is 8.44. The number of carbonyl (C=O) groups is 2. The zero-order chi connectivity index (χ0) is 17.9. The van der Waals surface area contributed by atoms with Gasteiger partial charge in [0.15, 0.2) is 0 Å². The summed E-state index contributed by atoms with van der Waals surface area (Å²) in [5.74, 6) is 1.03. The van der Waals surface area contributed by atoms with Crippen LogP contribution in [0.1, 0.15) is 49.7 Å². The Balaban J connectivity index is 1.25. The molecule has 2 aliphatic heterocycles. The normalized spacial score (nSPS) is 25.6. The lowest BCUT2D eigenvalue weighted by Gasteiger charge is -2.24. The lowest BCUT2D eigenvalue weighted by atomic mass is 9.90. The van der Waals surface area contributed by atoms with Crippen LogP contribution in [0.2, 0.25) is 0 Å². The molecule has 2 fully saturated rings. The fourth-order valence-corrected chi connectivity index (χ4v) is 5.05. The molecule has 4 rings (SSSR count). The molecular formula is C22H30N2O2. The Bertz CT molecular complexity index is 641. The van der Waals surface area contributed by atoms with E-state index in [1.807, 2.05) is 4.90 Å². The van der Waals surface area contributed by atoms with E-state index in [1.54, 1.807) is 0 Å². The van der Waals surface area contributed by atoms with E-state index in [2.05, 4.69) is 29.6 Å². The van der Waals surface area contributed by atoms with Gasteiger partial charge >= 0.3 is 0 Å². The lowest BCUT2D eigenvalue weighted by Crippen LogP contribution is -2.47. The highest BCUT2D eigenvalue weighted by molar-refractivity contribution is 5.91. The number of benzene rings is 1. The van der Waals surface area contributed by atoms with Crippen LogP contribution in [-0.2, 0) is 22.4 Å². The van der Waals surface area contributed by atoms with Crippen LogP contribution in [0.3, 0.4) is 0 Å². The van der Waals surface area contributed by atoms with Crippen molar-refractivity contribution in [2.75, 3.05) is 19.6 Å². The Kier molecular flexibility index (Phi) is 5.39. The summed E-state index contributed by atoms with van der Waals surface area (Å²) < 4.78 is 0. The summed E-state index contributed by atoms with van der Waals surface area (Å²) in [6.07, 6.45) is 8.03. The van der Waals surface area contributed by atoms with Crippen LogP contribution in [0.5, 0.6) is 0 Å². The number of ketones is 1. The number of rotatable bonds is 6. The smallest absolute Gasteiger partial charge is 0.240 e. The summed E-state index contributed by atoms with van der Waals surface area (Å²) >= 11 is 0. The standard InChI is InChI=1S/C22H30N2O2/c25-20(9-5-6-16-14-17-7-1-2-8-18(17)15-16)19-10-11-23-21(19)22(26)24-12-3-4-13-24/h1-2,7-8,16,19,21,23H,3-6,9-15H2/t19?,21-/m1/s1. The van der Waals surface area contributed by atoms with Crippen molar-refractivity contribution < 1.29 is 9.59 Å². The van der Waals surface area contributed by atoms with Crippen molar-refractivity contribution in [3.63, 3.8) is 0 Å². The van der Waals surface area contributed by atoms with Gasteiger partial charge in [0.05, 0.1) is 6.04 Å². The van der Waals surface area contributed by atoms with Gasteiger partial charge in [0.2, 0.25) is 5.91 Å².